The SMILES string of the molecule is CC/C=C\C/C=C\C/C=C\C/C=C\CCCCCCC(=O)OC(CO)COP(=O)(O)OCC(COC(=O)CCCC/C=C\C/C=C\C/C=C\C/C=C\CC)OC(=O)CCCCCCCC/C=C\C/C=C\C/C=C\CCCCC. The third kappa shape index (κ3) is 56.3. The molecule has 0 aliphatic carbocycles. The fourth-order valence-corrected chi connectivity index (χ4v) is 8.30. The summed E-state index contributed by atoms with van der Waals surface area (Å²) < 4.78 is 39.5. The number of unbranched alkanes of at least 4 members (excludes halogenated alkanes) is 15. The first-order valence-corrected chi connectivity index (χ1v) is 31.6. The molecule has 0 aromatic heterocycles. The lowest BCUT2D eigenvalue weighted by atomic mass is 10.1. The van der Waals surface area contributed by atoms with Crippen LogP contribution in [0.3, 0.4) is 0 Å². The van der Waals surface area contributed by atoms with E-state index in [-0.39, 0.29) is 25.9 Å². The van der Waals surface area contributed by atoms with Gasteiger partial charge in [0.15, 0.2) is 6.10 Å². The molecule has 11 nitrogen and oxygen atoms in total. The van der Waals surface area contributed by atoms with Crippen LogP contribution in [0.5, 0.6) is 0 Å². The highest BCUT2D eigenvalue weighted by molar-refractivity contribution is 7.47. The van der Waals surface area contributed by atoms with Gasteiger partial charge in [-0.05, 0) is 135 Å². The van der Waals surface area contributed by atoms with Crippen molar-refractivity contribution in [1.82, 2.24) is 0 Å². The van der Waals surface area contributed by atoms with E-state index in [4.69, 9.17) is 23.3 Å². The Hall–Kier alpha value is -4.38. The monoisotopic (exact) mass is 1110 g/mol. The number of aliphatic hydroxyl groups is 1. The summed E-state index contributed by atoms with van der Waals surface area (Å²) in [5.41, 5.74) is 0. The maximum atomic E-state index is 12.9. The molecule has 0 rings (SSSR count). The van der Waals surface area contributed by atoms with Crippen LogP contribution in [-0.4, -0.2) is 66.5 Å². The van der Waals surface area contributed by atoms with Gasteiger partial charge in [0, 0.05) is 19.3 Å². The topological polar surface area (TPSA) is 155 Å². The molecule has 0 radical (unpaired) electrons. The Labute approximate surface area is 474 Å². The average Bonchev–Trinajstić information content (AvgIpc) is 3.43. The largest absolute Gasteiger partial charge is 0.472 e. The van der Waals surface area contributed by atoms with E-state index in [1.165, 1.54) is 25.7 Å². The van der Waals surface area contributed by atoms with Gasteiger partial charge in [-0.25, -0.2) is 4.57 Å². The average molecular weight is 1110 g/mol. The maximum Gasteiger partial charge on any atom is 0.472 e. The van der Waals surface area contributed by atoms with Crippen LogP contribution in [0.2, 0.25) is 0 Å². The van der Waals surface area contributed by atoms with E-state index in [0.717, 1.165) is 141 Å². The molecular weight excluding hydrogens is 1000 g/mol. The van der Waals surface area contributed by atoms with E-state index in [0.29, 0.717) is 19.3 Å². The Bertz CT molecular complexity index is 1820. The molecule has 0 spiro atoms. The molecule has 0 aromatic rings. The van der Waals surface area contributed by atoms with Crippen molar-refractivity contribution in [3.05, 3.63) is 134 Å². The van der Waals surface area contributed by atoms with Crippen molar-refractivity contribution >= 4 is 25.7 Å². The molecule has 0 aliphatic heterocycles. The van der Waals surface area contributed by atoms with E-state index < -0.39 is 57.8 Å². The molecule has 12 heteroatoms. The minimum Gasteiger partial charge on any atom is -0.462 e. The zero-order valence-electron chi connectivity index (χ0n) is 48.8. The van der Waals surface area contributed by atoms with Gasteiger partial charge in [0.25, 0.3) is 0 Å². The van der Waals surface area contributed by atoms with Crippen LogP contribution in [0.1, 0.15) is 226 Å². The Kier molecular flexibility index (Phi) is 55.5. The van der Waals surface area contributed by atoms with Crippen LogP contribution in [0.15, 0.2) is 134 Å². The second-order valence-electron chi connectivity index (χ2n) is 19.4. The Morgan fingerprint density at radius 2 is 0.667 bits per heavy atom. The predicted octanol–water partition coefficient (Wildman–Crippen LogP) is 18.1. The van der Waals surface area contributed by atoms with Crippen LogP contribution >= 0.6 is 7.82 Å². The molecule has 0 fully saturated rings. The van der Waals surface area contributed by atoms with E-state index in [1.54, 1.807) is 0 Å². The number of hydrogen-bond acceptors (Lipinski definition) is 10. The summed E-state index contributed by atoms with van der Waals surface area (Å²) in [4.78, 5) is 48.6. The maximum absolute atomic E-state index is 12.9. The molecular formula is C66H107O11P. The van der Waals surface area contributed by atoms with E-state index in [9.17, 15) is 28.9 Å². The summed E-state index contributed by atoms with van der Waals surface area (Å²) in [5.74, 6) is -1.57. The minimum atomic E-state index is -4.78. The first-order valence-electron chi connectivity index (χ1n) is 30.1. The number of aliphatic hydroxyl groups excluding tert-OH is 1. The van der Waals surface area contributed by atoms with Gasteiger partial charge in [-0.2, -0.15) is 0 Å². The lowest BCUT2D eigenvalue weighted by Crippen LogP contribution is -2.30. The van der Waals surface area contributed by atoms with Crippen LogP contribution in [0, 0.1) is 0 Å². The van der Waals surface area contributed by atoms with E-state index in [1.807, 2.05) is 0 Å². The Balaban J connectivity index is 4.83. The molecule has 0 aliphatic rings. The van der Waals surface area contributed by atoms with Crippen molar-refractivity contribution in [2.45, 2.75) is 238 Å². The minimum absolute atomic E-state index is 0.134. The van der Waals surface area contributed by atoms with E-state index in [2.05, 4.69) is 154 Å². The second kappa shape index (κ2) is 58.8. The van der Waals surface area contributed by atoms with Crippen molar-refractivity contribution in [1.29, 1.82) is 0 Å². The number of phosphoric acid groups is 1. The van der Waals surface area contributed by atoms with Gasteiger partial charge in [-0.3, -0.25) is 23.4 Å². The summed E-state index contributed by atoms with van der Waals surface area (Å²) in [6.45, 7) is 4.29. The van der Waals surface area contributed by atoms with Gasteiger partial charge in [0.1, 0.15) is 12.7 Å². The van der Waals surface area contributed by atoms with Crippen molar-refractivity contribution in [2.24, 2.45) is 0 Å². The van der Waals surface area contributed by atoms with Crippen molar-refractivity contribution in [3.8, 4) is 0 Å². The lowest BCUT2D eigenvalue weighted by Gasteiger charge is -2.21. The number of ether oxygens (including phenoxy) is 3. The highest BCUT2D eigenvalue weighted by Crippen LogP contribution is 2.43. The standard InChI is InChI=1S/C66H107O11P/c1-4-7-10-13-16-19-22-25-28-30-31-33-36-39-42-45-48-51-54-57-66(70)77-63(59-73-64(68)55-52-49-46-43-40-37-34-27-24-21-18-15-12-9-6-3)61-75-78(71,72)74-60-62(58-67)76-65(69)56-53-50-47-44-41-38-35-32-29-26-23-20-17-14-11-8-5-2/h8-9,11-12,16-21,25-29,31,33-35,38,40,43,62-63,67H,4-7,10,13-15,22-24,30,32,36-37,39,41-42,44-61H2,1-3H3,(H,71,72)/b11-8-,12-9-,19-16-,20-17-,21-18-,28-25-,29-26-,33-31-,34-27-,38-35-,43-40-. The normalized spacial score (nSPS) is 14.3. The Morgan fingerprint density at radius 3 is 1.05 bits per heavy atom. The molecule has 0 saturated carbocycles. The predicted molar refractivity (Wildman–Crippen MR) is 325 cm³/mol. The van der Waals surface area contributed by atoms with Crippen LogP contribution in [0.4, 0.5) is 0 Å². The van der Waals surface area contributed by atoms with Crippen LogP contribution < -0.4 is 0 Å². The van der Waals surface area contributed by atoms with Crippen molar-refractivity contribution in [2.75, 3.05) is 26.4 Å². The van der Waals surface area contributed by atoms with Crippen LogP contribution in [0.25, 0.3) is 0 Å². The van der Waals surface area contributed by atoms with Crippen LogP contribution in [-0.2, 0) is 42.2 Å². The molecule has 0 heterocycles. The van der Waals surface area contributed by atoms with Gasteiger partial charge in [0.05, 0.1) is 19.8 Å². The van der Waals surface area contributed by atoms with Crippen molar-refractivity contribution < 1.29 is 52.2 Å². The van der Waals surface area contributed by atoms with Gasteiger partial charge < -0.3 is 24.2 Å². The number of rotatable bonds is 54. The number of allylic oxidation sites excluding steroid dienone is 22. The third-order valence-electron chi connectivity index (χ3n) is 12.0. The first kappa shape index (κ1) is 73.6. The van der Waals surface area contributed by atoms with Crippen molar-refractivity contribution in [3.63, 3.8) is 0 Å². The Morgan fingerprint density at radius 1 is 0.372 bits per heavy atom. The second-order valence-corrected chi connectivity index (χ2v) is 20.8. The number of esters is 3. The lowest BCUT2D eigenvalue weighted by molar-refractivity contribution is -0.161. The summed E-state index contributed by atoms with van der Waals surface area (Å²) in [7, 11) is -4.78. The smallest absolute Gasteiger partial charge is 0.462 e. The van der Waals surface area contributed by atoms with Gasteiger partial charge >= 0.3 is 25.7 Å². The molecule has 3 atom stereocenters. The van der Waals surface area contributed by atoms with E-state index >= 15 is 0 Å². The summed E-state index contributed by atoms with van der Waals surface area (Å²) in [6, 6.07) is 0. The molecule has 0 amide bonds. The molecule has 78 heavy (non-hydrogen) atoms. The number of phosphoric ester groups is 1. The zero-order chi connectivity index (χ0) is 56.9. The number of hydrogen-bond donors (Lipinski definition) is 2. The molecule has 442 valence electrons. The highest BCUT2D eigenvalue weighted by atomic mass is 31.2. The summed E-state index contributed by atoms with van der Waals surface area (Å²) in [5, 5.41) is 9.83. The van der Waals surface area contributed by atoms with Gasteiger partial charge in [0.2, 0.25) is 0 Å². The molecule has 0 saturated heterocycles. The summed E-state index contributed by atoms with van der Waals surface area (Å²) >= 11 is 0. The zero-order valence-corrected chi connectivity index (χ0v) is 49.7. The van der Waals surface area contributed by atoms with Gasteiger partial charge in [-0.15, -0.1) is 0 Å². The fraction of sp³-hybridized carbons (Fsp3) is 0.621. The molecule has 0 aromatic carbocycles. The summed E-state index contributed by atoms with van der Waals surface area (Å²) in [6.07, 6.45) is 74.0. The molecule has 3 unspecified atom stereocenters. The third-order valence-corrected chi connectivity index (χ3v) is 13.0. The fourth-order valence-electron chi connectivity index (χ4n) is 7.52. The molecule has 0 bridgehead atoms. The molecule has 2 N–H and O–H groups in total. The first-order chi connectivity index (χ1) is 38.2. The quantitative estimate of drug-likeness (QED) is 0.0197. The van der Waals surface area contributed by atoms with Gasteiger partial charge in [-0.1, -0.05) is 206 Å². The number of carbonyl (C=O) groups excluding carboxylic acids is 3. The highest BCUT2D eigenvalue weighted by Gasteiger charge is 2.28. The number of carbonyl (C=O) groups is 3.